The van der Waals surface area contributed by atoms with Gasteiger partial charge < -0.3 is 24.9 Å². The highest BCUT2D eigenvalue weighted by Crippen LogP contribution is 2.28. The minimum atomic E-state index is -0.504. The molecule has 1 unspecified atom stereocenters. The van der Waals surface area contributed by atoms with Gasteiger partial charge in [-0.25, -0.2) is 0 Å². The van der Waals surface area contributed by atoms with Crippen LogP contribution in [-0.4, -0.2) is 41.5 Å². The van der Waals surface area contributed by atoms with E-state index in [4.69, 9.17) is 9.15 Å². The van der Waals surface area contributed by atoms with E-state index < -0.39 is 6.10 Å². The normalized spacial score (nSPS) is 22.6. The van der Waals surface area contributed by atoms with Gasteiger partial charge in [-0.1, -0.05) is 0 Å². The van der Waals surface area contributed by atoms with E-state index in [0.29, 0.717) is 25.8 Å². The van der Waals surface area contributed by atoms with Crippen LogP contribution in [0.15, 0.2) is 22.8 Å². The molecular formula is C17H30N2O3. The van der Waals surface area contributed by atoms with E-state index in [2.05, 4.69) is 38.3 Å². The largest absolute Gasteiger partial charge is 0.467 e. The number of piperidine rings is 1. The van der Waals surface area contributed by atoms with Gasteiger partial charge in [0.2, 0.25) is 0 Å². The first-order valence-electron chi connectivity index (χ1n) is 8.07. The Balaban J connectivity index is 1.68. The molecule has 0 aromatic carbocycles. The number of aliphatic hydroxyl groups excluding tert-OH is 1. The molecule has 1 aliphatic rings. The summed E-state index contributed by atoms with van der Waals surface area (Å²) in [5.41, 5.74) is 0.223. The second-order valence-corrected chi connectivity index (χ2v) is 7.65. The van der Waals surface area contributed by atoms with Crippen molar-refractivity contribution >= 4 is 0 Å². The molecule has 1 fully saturated rings. The van der Waals surface area contributed by atoms with Crippen LogP contribution < -0.4 is 10.6 Å². The first-order chi connectivity index (χ1) is 10.3. The van der Waals surface area contributed by atoms with Crippen LogP contribution in [0.1, 0.15) is 46.3 Å². The average Bonchev–Trinajstić information content (AvgIpc) is 2.86. The SMILES string of the molecule is CC1(C)CC(NCC(O)COCc2ccco2)CC(C)(C)N1. The van der Waals surface area contributed by atoms with E-state index in [9.17, 15) is 5.11 Å². The van der Waals surface area contributed by atoms with Crippen LogP contribution in [0, 0.1) is 0 Å². The number of ether oxygens (including phenoxy) is 1. The quantitative estimate of drug-likeness (QED) is 0.719. The lowest BCUT2D eigenvalue weighted by molar-refractivity contribution is 0.0190. The molecule has 2 heterocycles. The van der Waals surface area contributed by atoms with Gasteiger partial charge in [0.1, 0.15) is 12.4 Å². The smallest absolute Gasteiger partial charge is 0.129 e. The molecule has 5 nitrogen and oxygen atoms in total. The van der Waals surface area contributed by atoms with E-state index in [1.54, 1.807) is 6.26 Å². The zero-order chi connectivity index (χ0) is 16.2. The topological polar surface area (TPSA) is 66.7 Å². The number of hydrogen-bond donors (Lipinski definition) is 3. The molecule has 126 valence electrons. The Morgan fingerprint density at radius 2 is 2.05 bits per heavy atom. The van der Waals surface area contributed by atoms with Gasteiger partial charge in [-0.15, -0.1) is 0 Å². The zero-order valence-electron chi connectivity index (χ0n) is 14.2. The molecular weight excluding hydrogens is 280 g/mol. The van der Waals surface area contributed by atoms with Crippen molar-refractivity contribution in [3.63, 3.8) is 0 Å². The molecule has 0 aliphatic carbocycles. The third-order valence-electron chi connectivity index (χ3n) is 3.97. The molecule has 0 radical (unpaired) electrons. The zero-order valence-corrected chi connectivity index (χ0v) is 14.2. The summed E-state index contributed by atoms with van der Waals surface area (Å²) >= 11 is 0. The fraction of sp³-hybridized carbons (Fsp3) is 0.765. The number of nitrogens with one attached hydrogen (secondary N) is 2. The fourth-order valence-electron chi connectivity index (χ4n) is 3.52. The van der Waals surface area contributed by atoms with E-state index >= 15 is 0 Å². The van der Waals surface area contributed by atoms with Crippen molar-refractivity contribution in [2.24, 2.45) is 0 Å². The predicted octanol–water partition coefficient (Wildman–Crippen LogP) is 2.06. The number of hydrogen-bond acceptors (Lipinski definition) is 5. The lowest BCUT2D eigenvalue weighted by Gasteiger charge is -2.47. The summed E-state index contributed by atoms with van der Waals surface area (Å²) in [4.78, 5) is 0. The molecule has 0 saturated carbocycles. The van der Waals surface area contributed by atoms with Crippen molar-refractivity contribution in [1.82, 2.24) is 10.6 Å². The van der Waals surface area contributed by atoms with Crippen molar-refractivity contribution in [1.29, 1.82) is 0 Å². The Labute approximate surface area is 133 Å². The molecule has 1 saturated heterocycles. The Morgan fingerprint density at radius 3 is 2.64 bits per heavy atom. The van der Waals surface area contributed by atoms with Crippen molar-refractivity contribution in [2.45, 2.75) is 70.4 Å². The highest BCUT2D eigenvalue weighted by Gasteiger charge is 2.37. The summed E-state index contributed by atoms with van der Waals surface area (Å²) in [6.45, 7) is 10.2. The van der Waals surface area contributed by atoms with Crippen LogP contribution in [0.5, 0.6) is 0 Å². The Kier molecular flexibility index (Phi) is 5.66. The van der Waals surface area contributed by atoms with E-state index in [-0.39, 0.29) is 11.1 Å². The maximum atomic E-state index is 10.0. The summed E-state index contributed by atoms with van der Waals surface area (Å²) in [6, 6.07) is 4.10. The van der Waals surface area contributed by atoms with E-state index in [1.165, 1.54) is 0 Å². The highest BCUT2D eigenvalue weighted by atomic mass is 16.5. The fourth-order valence-corrected chi connectivity index (χ4v) is 3.52. The van der Waals surface area contributed by atoms with Crippen molar-refractivity contribution in [3.8, 4) is 0 Å². The van der Waals surface area contributed by atoms with Gasteiger partial charge in [0.25, 0.3) is 0 Å². The van der Waals surface area contributed by atoms with Crippen molar-refractivity contribution in [3.05, 3.63) is 24.2 Å². The Bertz CT molecular complexity index is 427. The second-order valence-electron chi connectivity index (χ2n) is 7.65. The summed E-state index contributed by atoms with van der Waals surface area (Å²) in [5.74, 6) is 0.780. The molecule has 5 heteroatoms. The number of aliphatic hydroxyl groups is 1. The van der Waals surface area contributed by atoms with Gasteiger partial charge in [0.15, 0.2) is 0 Å². The average molecular weight is 310 g/mol. The summed E-state index contributed by atoms with van der Waals surface area (Å²) in [6.07, 6.45) is 3.22. The van der Waals surface area contributed by atoms with Gasteiger partial charge in [-0.05, 0) is 52.7 Å². The first-order valence-corrected chi connectivity index (χ1v) is 8.07. The molecule has 0 spiro atoms. The summed E-state index contributed by atoms with van der Waals surface area (Å²) in [5, 5.41) is 17.2. The molecule has 1 aromatic rings. The standard InChI is InChI=1S/C17H30N2O3/c1-16(2)8-13(9-17(3,4)19-16)18-10-14(20)11-21-12-15-6-5-7-22-15/h5-7,13-14,18-20H,8-12H2,1-4H3. The molecule has 2 rings (SSSR count). The lowest BCUT2D eigenvalue weighted by atomic mass is 9.79. The Morgan fingerprint density at radius 1 is 1.36 bits per heavy atom. The molecule has 1 aromatic heterocycles. The van der Waals surface area contributed by atoms with Crippen LogP contribution in [0.25, 0.3) is 0 Å². The number of rotatable bonds is 7. The van der Waals surface area contributed by atoms with Crippen LogP contribution >= 0.6 is 0 Å². The lowest BCUT2D eigenvalue weighted by Crippen LogP contribution is -2.62. The molecule has 1 atom stereocenters. The third-order valence-corrected chi connectivity index (χ3v) is 3.97. The molecule has 3 N–H and O–H groups in total. The third kappa shape index (κ3) is 5.72. The maximum Gasteiger partial charge on any atom is 0.129 e. The first kappa shape index (κ1) is 17.5. The molecule has 22 heavy (non-hydrogen) atoms. The Hall–Kier alpha value is -0.880. The molecule has 0 amide bonds. The van der Waals surface area contributed by atoms with E-state index in [0.717, 1.165) is 18.6 Å². The number of furan rings is 1. The van der Waals surface area contributed by atoms with Gasteiger partial charge in [-0.2, -0.15) is 0 Å². The monoisotopic (exact) mass is 310 g/mol. The molecule has 0 bridgehead atoms. The van der Waals surface area contributed by atoms with Crippen LogP contribution in [-0.2, 0) is 11.3 Å². The summed E-state index contributed by atoms with van der Waals surface area (Å²) < 4.78 is 10.7. The van der Waals surface area contributed by atoms with Crippen molar-refractivity contribution < 1.29 is 14.3 Å². The van der Waals surface area contributed by atoms with E-state index in [1.807, 2.05) is 12.1 Å². The highest BCUT2D eigenvalue weighted by molar-refractivity contribution is 4.99. The van der Waals surface area contributed by atoms with Crippen LogP contribution in [0.4, 0.5) is 0 Å². The van der Waals surface area contributed by atoms with Gasteiger partial charge >= 0.3 is 0 Å². The van der Waals surface area contributed by atoms with Crippen LogP contribution in [0.3, 0.4) is 0 Å². The minimum absolute atomic E-state index is 0.111. The van der Waals surface area contributed by atoms with Crippen LogP contribution in [0.2, 0.25) is 0 Å². The summed E-state index contributed by atoms with van der Waals surface area (Å²) in [7, 11) is 0. The second kappa shape index (κ2) is 7.13. The van der Waals surface area contributed by atoms with Crippen molar-refractivity contribution in [2.75, 3.05) is 13.2 Å². The molecule has 1 aliphatic heterocycles. The van der Waals surface area contributed by atoms with Gasteiger partial charge in [0.05, 0.1) is 19.0 Å². The predicted molar refractivity (Wildman–Crippen MR) is 86.7 cm³/mol. The maximum absolute atomic E-state index is 10.0. The van der Waals surface area contributed by atoms with Gasteiger partial charge in [-0.3, -0.25) is 0 Å². The van der Waals surface area contributed by atoms with Gasteiger partial charge in [0, 0.05) is 23.7 Å². The minimum Gasteiger partial charge on any atom is -0.467 e.